The van der Waals surface area contributed by atoms with Gasteiger partial charge in [-0.15, -0.1) is 0 Å². The highest BCUT2D eigenvalue weighted by atomic mass is 14.2. The summed E-state index contributed by atoms with van der Waals surface area (Å²) in [6.07, 6.45) is 13.5. The van der Waals surface area contributed by atoms with Gasteiger partial charge in [0.25, 0.3) is 0 Å². The van der Waals surface area contributed by atoms with Crippen molar-refractivity contribution >= 4 is 58.4 Å². The summed E-state index contributed by atoms with van der Waals surface area (Å²) in [4.78, 5) is 0. The van der Waals surface area contributed by atoms with Crippen molar-refractivity contribution in [1.82, 2.24) is 0 Å². The molecule has 0 amide bonds. The standard InChI is InChI=1S/C62H56/c1-61(2,3)55-39-35-53(36-40-55)59(49-15-9-7-10-16-49)43-47-25-21-45(22-26-47)29-31-51-33-34-52(58-20-14-13-19-57(51)58)32-30-46-23-27-48(28-24-46)44-60(50-17-11-8-12-18-50)54-37-41-56(42-38-54)62(4,5)6/h7-44H,1-6H3/b31-29-,32-30-,59-43-,60-44-. The number of fused-ring (bicyclic) bond motifs is 1. The van der Waals surface area contributed by atoms with Gasteiger partial charge in [0, 0.05) is 0 Å². The first-order valence-electron chi connectivity index (χ1n) is 21.8. The van der Waals surface area contributed by atoms with Crippen molar-refractivity contribution < 1.29 is 0 Å². The number of rotatable bonds is 10. The Bertz CT molecular complexity index is 2670. The van der Waals surface area contributed by atoms with Gasteiger partial charge in [0.05, 0.1) is 0 Å². The van der Waals surface area contributed by atoms with Gasteiger partial charge in [0.15, 0.2) is 0 Å². The van der Waals surface area contributed by atoms with E-state index in [0.29, 0.717) is 0 Å². The van der Waals surface area contributed by atoms with Crippen LogP contribution in [-0.2, 0) is 10.8 Å². The fraction of sp³-hybridized carbons (Fsp3) is 0.129. The van der Waals surface area contributed by atoms with Crippen LogP contribution in [0.5, 0.6) is 0 Å². The minimum atomic E-state index is 0.117. The maximum absolute atomic E-state index is 2.30. The van der Waals surface area contributed by atoms with Crippen molar-refractivity contribution in [3.05, 3.63) is 261 Å². The van der Waals surface area contributed by atoms with Gasteiger partial charge in [-0.25, -0.2) is 0 Å². The van der Waals surface area contributed by atoms with Crippen LogP contribution in [0, 0.1) is 0 Å². The molecule has 0 saturated carbocycles. The molecule has 0 aliphatic heterocycles. The topological polar surface area (TPSA) is 0 Å². The summed E-state index contributed by atoms with van der Waals surface area (Å²) >= 11 is 0. The lowest BCUT2D eigenvalue weighted by atomic mass is 9.85. The average molecular weight is 801 g/mol. The largest absolute Gasteiger partial charge is 0.0622 e. The van der Waals surface area contributed by atoms with E-state index in [0.717, 1.165) is 0 Å². The molecule has 0 radical (unpaired) electrons. The van der Waals surface area contributed by atoms with Crippen molar-refractivity contribution in [1.29, 1.82) is 0 Å². The third-order valence-corrected chi connectivity index (χ3v) is 11.7. The van der Waals surface area contributed by atoms with E-state index in [1.165, 1.54) is 88.7 Å². The molecule has 0 aliphatic rings. The quantitative estimate of drug-likeness (QED) is 0.121. The Kier molecular flexibility index (Phi) is 12.3. The lowest BCUT2D eigenvalue weighted by molar-refractivity contribution is 0.590. The van der Waals surface area contributed by atoms with Crippen LogP contribution < -0.4 is 0 Å². The van der Waals surface area contributed by atoms with E-state index in [-0.39, 0.29) is 10.8 Å². The van der Waals surface area contributed by atoms with Crippen molar-refractivity contribution in [3.8, 4) is 0 Å². The predicted molar refractivity (Wildman–Crippen MR) is 272 cm³/mol. The van der Waals surface area contributed by atoms with E-state index in [9.17, 15) is 0 Å². The molecular formula is C62H56. The van der Waals surface area contributed by atoms with Gasteiger partial charge in [-0.1, -0.05) is 260 Å². The Morgan fingerprint density at radius 1 is 0.290 bits per heavy atom. The summed E-state index contributed by atoms with van der Waals surface area (Å²) in [5.74, 6) is 0. The van der Waals surface area contributed by atoms with Crippen LogP contribution in [0.25, 0.3) is 58.4 Å². The van der Waals surface area contributed by atoms with Crippen molar-refractivity contribution in [2.45, 2.75) is 52.4 Å². The Hall–Kier alpha value is -7.02. The number of benzene rings is 8. The first-order chi connectivity index (χ1) is 30.0. The van der Waals surface area contributed by atoms with E-state index < -0.39 is 0 Å². The van der Waals surface area contributed by atoms with E-state index in [1.54, 1.807) is 0 Å². The molecule has 0 fully saturated rings. The van der Waals surface area contributed by atoms with Gasteiger partial charge >= 0.3 is 0 Å². The summed E-state index contributed by atoms with van der Waals surface area (Å²) in [5.41, 5.74) is 17.3. The smallest absolute Gasteiger partial charge is 0.0105 e. The molecule has 8 aromatic rings. The van der Waals surface area contributed by atoms with Crippen LogP contribution in [0.4, 0.5) is 0 Å². The van der Waals surface area contributed by atoms with Crippen molar-refractivity contribution in [3.63, 3.8) is 0 Å². The molecule has 0 bridgehead atoms. The Balaban J connectivity index is 0.999. The average Bonchev–Trinajstić information content (AvgIpc) is 3.29. The summed E-state index contributed by atoms with van der Waals surface area (Å²) in [6.45, 7) is 13.6. The molecule has 8 aromatic carbocycles. The SMILES string of the molecule is CC(C)(C)c1ccc(/C(=C\c2ccc(/C=C\c3ccc(/C=C\c4ccc(/C=C(/c5ccccc5)c5ccc(C(C)(C)C)cc5)cc4)c4ccccc34)cc2)c2ccccc2)cc1. The first kappa shape index (κ1) is 41.7. The van der Waals surface area contributed by atoms with Crippen molar-refractivity contribution in [2.24, 2.45) is 0 Å². The second-order valence-electron chi connectivity index (χ2n) is 18.3. The fourth-order valence-corrected chi connectivity index (χ4v) is 7.95. The van der Waals surface area contributed by atoms with Crippen LogP contribution in [-0.4, -0.2) is 0 Å². The minimum absolute atomic E-state index is 0.117. The molecule has 0 atom stereocenters. The highest BCUT2D eigenvalue weighted by Crippen LogP contribution is 2.32. The van der Waals surface area contributed by atoms with E-state index >= 15 is 0 Å². The van der Waals surface area contributed by atoms with E-state index in [2.05, 4.69) is 272 Å². The lowest BCUT2D eigenvalue weighted by Gasteiger charge is -2.19. The minimum Gasteiger partial charge on any atom is -0.0622 e. The zero-order valence-electron chi connectivity index (χ0n) is 36.9. The predicted octanol–water partition coefficient (Wildman–Crippen LogP) is 17.0. The zero-order valence-corrected chi connectivity index (χ0v) is 36.9. The van der Waals surface area contributed by atoms with Crippen LogP contribution in [0.1, 0.15) is 108 Å². The Morgan fingerprint density at radius 3 is 0.935 bits per heavy atom. The van der Waals surface area contributed by atoms with Gasteiger partial charge in [-0.2, -0.15) is 0 Å². The second-order valence-corrected chi connectivity index (χ2v) is 18.3. The van der Waals surface area contributed by atoms with E-state index in [1.807, 2.05) is 0 Å². The fourth-order valence-electron chi connectivity index (χ4n) is 7.95. The van der Waals surface area contributed by atoms with Crippen LogP contribution in [0.2, 0.25) is 0 Å². The number of hydrogen-bond acceptors (Lipinski definition) is 0. The lowest BCUT2D eigenvalue weighted by Crippen LogP contribution is -2.10. The molecule has 0 aliphatic carbocycles. The van der Waals surface area contributed by atoms with Gasteiger partial charge in [-0.3, -0.25) is 0 Å². The van der Waals surface area contributed by atoms with Gasteiger partial charge in [-0.05, 0) is 112 Å². The Labute approximate surface area is 370 Å². The summed E-state index contributed by atoms with van der Waals surface area (Å²) < 4.78 is 0. The molecule has 304 valence electrons. The van der Waals surface area contributed by atoms with Crippen LogP contribution >= 0.6 is 0 Å². The molecule has 0 heteroatoms. The van der Waals surface area contributed by atoms with Gasteiger partial charge < -0.3 is 0 Å². The molecule has 62 heavy (non-hydrogen) atoms. The second kappa shape index (κ2) is 18.3. The molecule has 0 nitrogen and oxygen atoms in total. The molecule has 0 saturated heterocycles. The Morgan fingerprint density at radius 2 is 0.597 bits per heavy atom. The molecular weight excluding hydrogens is 745 g/mol. The highest BCUT2D eigenvalue weighted by Gasteiger charge is 2.16. The zero-order chi connectivity index (χ0) is 43.1. The third kappa shape index (κ3) is 10.1. The molecule has 0 aromatic heterocycles. The number of hydrogen-bond donors (Lipinski definition) is 0. The molecule has 0 N–H and O–H groups in total. The molecule has 8 rings (SSSR count). The van der Waals surface area contributed by atoms with Gasteiger partial charge in [0.1, 0.15) is 0 Å². The van der Waals surface area contributed by atoms with Crippen LogP contribution in [0.15, 0.2) is 194 Å². The normalized spacial score (nSPS) is 12.7. The highest BCUT2D eigenvalue weighted by molar-refractivity contribution is 5.99. The monoisotopic (exact) mass is 800 g/mol. The molecule has 0 spiro atoms. The summed E-state index contributed by atoms with van der Waals surface area (Å²) in [7, 11) is 0. The van der Waals surface area contributed by atoms with Crippen LogP contribution in [0.3, 0.4) is 0 Å². The molecule has 0 heterocycles. The van der Waals surface area contributed by atoms with Gasteiger partial charge in [0.2, 0.25) is 0 Å². The van der Waals surface area contributed by atoms with E-state index in [4.69, 9.17) is 0 Å². The first-order valence-corrected chi connectivity index (χ1v) is 21.8. The summed E-state index contributed by atoms with van der Waals surface area (Å²) in [6, 6.07) is 70.3. The third-order valence-electron chi connectivity index (χ3n) is 11.7. The summed E-state index contributed by atoms with van der Waals surface area (Å²) in [5, 5.41) is 2.47. The maximum atomic E-state index is 2.30. The molecule has 0 unspecified atom stereocenters. The van der Waals surface area contributed by atoms with Crippen molar-refractivity contribution in [2.75, 3.05) is 0 Å². The maximum Gasteiger partial charge on any atom is -0.0105 e.